The van der Waals surface area contributed by atoms with Gasteiger partial charge in [0.25, 0.3) is 0 Å². The number of rotatable bonds is 3. The zero-order chi connectivity index (χ0) is 8.27. The van der Waals surface area contributed by atoms with Crippen LogP contribution in [0.15, 0.2) is 0 Å². The summed E-state index contributed by atoms with van der Waals surface area (Å²) in [6.07, 6.45) is 1.45. The molecule has 3 heteroatoms. The maximum absolute atomic E-state index is 5.30. The largest absolute Gasteiger partial charge is 0.380 e. The third kappa shape index (κ3) is 2.43. The lowest BCUT2D eigenvalue weighted by molar-refractivity contribution is 0.0828. The first-order valence-corrected chi connectivity index (χ1v) is 4.08. The van der Waals surface area contributed by atoms with Crippen molar-refractivity contribution in [3.05, 3.63) is 0 Å². The van der Waals surface area contributed by atoms with E-state index in [-0.39, 0.29) is 0 Å². The zero-order valence-corrected chi connectivity index (χ0v) is 7.58. The summed E-state index contributed by atoms with van der Waals surface area (Å²) in [6.45, 7) is 1.98. The molecule has 1 rings (SSSR count). The second-order valence-electron chi connectivity index (χ2n) is 3.30. The van der Waals surface area contributed by atoms with Crippen molar-refractivity contribution in [1.82, 2.24) is 10.2 Å². The Balaban J connectivity index is 2.31. The van der Waals surface area contributed by atoms with Crippen molar-refractivity contribution >= 4 is 0 Å². The number of methoxy groups -OCH3 is 1. The third-order valence-corrected chi connectivity index (χ3v) is 2.06. The summed E-state index contributed by atoms with van der Waals surface area (Å²) in [5.74, 6) is 0. The minimum absolute atomic E-state index is 0.359. The Morgan fingerprint density at radius 1 is 1.55 bits per heavy atom. The quantitative estimate of drug-likeness (QED) is 0.574. The van der Waals surface area contributed by atoms with Gasteiger partial charge in [-0.3, -0.25) is 0 Å². The van der Waals surface area contributed by atoms with Gasteiger partial charge in [0.05, 0.1) is 12.1 Å². The minimum atomic E-state index is 0.359. The first-order chi connectivity index (χ1) is 5.24. The van der Waals surface area contributed by atoms with Gasteiger partial charge in [0.2, 0.25) is 0 Å². The molecule has 1 aliphatic rings. The minimum Gasteiger partial charge on any atom is -0.380 e. The van der Waals surface area contributed by atoms with E-state index >= 15 is 0 Å². The van der Waals surface area contributed by atoms with Gasteiger partial charge in [-0.2, -0.15) is 0 Å². The molecule has 1 heterocycles. The van der Waals surface area contributed by atoms with Gasteiger partial charge in [0, 0.05) is 20.2 Å². The lowest BCUT2D eigenvalue weighted by Crippen LogP contribution is -2.37. The molecular weight excluding hydrogens is 140 g/mol. The van der Waals surface area contributed by atoms with Crippen molar-refractivity contribution in [2.75, 3.05) is 34.3 Å². The first kappa shape index (κ1) is 8.97. The molecule has 0 saturated carbocycles. The predicted molar refractivity (Wildman–Crippen MR) is 44.8 cm³/mol. The molecule has 1 aliphatic heterocycles. The molecule has 0 aromatic rings. The lowest BCUT2D eigenvalue weighted by atomic mass is 10.2. The summed E-state index contributed by atoms with van der Waals surface area (Å²) >= 11 is 0. The molecule has 0 aromatic heterocycles. The van der Waals surface area contributed by atoms with E-state index in [0.717, 1.165) is 19.5 Å². The van der Waals surface area contributed by atoms with Gasteiger partial charge < -0.3 is 9.64 Å². The molecule has 0 aliphatic carbocycles. The van der Waals surface area contributed by atoms with Crippen LogP contribution in [0.2, 0.25) is 0 Å². The van der Waals surface area contributed by atoms with Crippen molar-refractivity contribution < 1.29 is 4.74 Å². The summed E-state index contributed by atoms with van der Waals surface area (Å²) in [5.41, 5.74) is 0. The highest BCUT2D eigenvalue weighted by Gasteiger charge is 2.27. The fourth-order valence-electron chi connectivity index (χ4n) is 1.50. The smallest absolute Gasteiger partial charge is 0.0765 e. The topological polar surface area (TPSA) is 26.6 Å². The molecule has 1 fully saturated rings. The standard InChI is InChI=1S/C8H17N2O/c1-10(2)6-7-8(11-3)4-5-9-7/h7-8H,4-6H2,1-3H3. The summed E-state index contributed by atoms with van der Waals surface area (Å²) in [4.78, 5) is 2.16. The average Bonchev–Trinajstić information content (AvgIpc) is 2.34. The Bertz CT molecular complexity index is 117. The van der Waals surface area contributed by atoms with E-state index in [0.29, 0.717) is 12.1 Å². The van der Waals surface area contributed by atoms with Crippen LogP contribution in [0.4, 0.5) is 0 Å². The van der Waals surface area contributed by atoms with Gasteiger partial charge >= 0.3 is 0 Å². The van der Waals surface area contributed by atoms with Gasteiger partial charge in [-0.05, 0) is 20.5 Å². The molecule has 2 atom stereocenters. The van der Waals surface area contributed by atoms with Crippen LogP contribution in [-0.2, 0) is 4.74 Å². The number of hydrogen-bond acceptors (Lipinski definition) is 2. The van der Waals surface area contributed by atoms with Crippen molar-refractivity contribution in [1.29, 1.82) is 0 Å². The van der Waals surface area contributed by atoms with Crippen LogP contribution in [0.3, 0.4) is 0 Å². The number of nitrogens with zero attached hydrogens (tertiary/aromatic N) is 2. The maximum Gasteiger partial charge on any atom is 0.0765 e. The second kappa shape index (κ2) is 4.04. The highest BCUT2D eigenvalue weighted by molar-refractivity contribution is 4.85. The van der Waals surface area contributed by atoms with E-state index in [2.05, 4.69) is 24.3 Å². The Labute approximate surface area is 68.7 Å². The number of ether oxygens (including phenoxy) is 1. The highest BCUT2D eigenvalue weighted by Crippen LogP contribution is 2.12. The van der Waals surface area contributed by atoms with Crippen LogP contribution < -0.4 is 5.32 Å². The van der Waals surface area contributed by atoms with E-state index in [4.69, 9.17) is 4.74 Å². The monoisotopic (exact) mass is 157 g/mol. The van der Waals surface area contributed by atoms with E-state index in [1.54, 1.807) is 7.11 Å². The van der Waals surface area contributed by atoms with Crippen LogP contribution in [0.25, 0.3) is 0 Å². The number of hydrogen-bond donors (Lipinski definition) is 0. The molecule has 0 spiro atoms. The van der Waals surface area contributed by atoms with Crippen LogP contribution in [-0.4, -0.2) is 51.3 Å². The van der Waals surface area contributed by atoms with Crippen molar-refractivity contribution in [2.24, 2.45) is 0 Å². The van der Waals surface area contributed by atoms with E-state index < -0.39 is 0 Å². The molecule has 2 unspecified atom stereocenters. The van der Waals surface area contributed by atoms with Crippen LogP contribution in [0.5, 0.6) is 0 Å². The van der Waals surface area contributed by atoms with Gasteiger partial charge in [0.1, 0.15) is 0 Å². The van der Waals surface area contributed by atoms with E-state index in [9.17, 15) is 0 Å². The lowest BCUT2D eigenvalue weighted by Gasteiger charge is -2.20. The maximum atomic E-state index is 5.30. The Morgan fingerprint density at radius 2 is 2.27 bits per heavy atom. The molecule has 1 saturated heterocycles. The van der Waals surface area contributed by atoms with Gasteiger partial charge in [0.15, 0.2) is 0 Å². The molecule has 65 valence electrons. The van der Waals surface area contributed by atoms with Gasteiger partial charge in [-0.15, -0.1) is 0 Å². The molecule has 3 nitrogen and oxygen atoms in total. The van der Waals surface area contributed by atoms with Crippen molar-refractivity contribution in [2.45, 2.75) is 18.6 Å². The summed E-state index contributed by atoms with van der Waals surface area (Å²) in [5, 5.41) is 4.46. The third-order valence-electron chi connectivity index (χ3n) is 2.06. The molecule has 1 radical (unpaired) electrons. The predicted octanol–water partition coefficient (Wildman–Crippen LogP) is -0.0603. The molecule has 0 N–H and O–H groups in total. The van der Waals surface area contributed by atoms with Crippen molar-refractivity contribution in [3.8, 4) is 0 Å². The normalized spacial score (nSPS) is 31.6. The van der Waals surface area contributed by atoms with Gasteiger partial charge in [-0.1, -0.05) is 0 Å². The fourth-order valence-corrected chi connectivity index (χ4v) is 1.50. The Morgan fingerprint density at radius 3 is 2.82 bits per heavy atom. The summed E-state index contributed by atoms with van der Waals surface area (Å²) in [6, 6.07) is 0.398. The Hall–Kier alpha value is -0.120. The number of likely N-dealkylation sites (N-methyl/N-ethyl adjacent to an activating group) is 1. The molecule has 0 bridgehead atoms. The Kier molecular flexibility index (Phi) is 3.30. The van der Waals surface area contributed by atoms with E-state index in [1.807, 2.05) is 0 Å². The van der Waals surface area contributed by atoms with Gasteiger partial charge in [-0.25, -0.2) is 5.32 Å². The second-order valence-corrected chi connectivity index (χ2v) is 3.30. The van der Waals surface area contributed by atoms with E-state index in [1.165, 1.54) is 0 Å². The fraction of sp³-hybridized carbons (Fsp3) is 1.00. The van der Waals surface area contributed by atoms with Crippen LogP contribution in [0.1, 0.15) is 6.42 Å². The zero-order valence-electron chi connectivity index (χ0n) is 7.58. The first-order valence-electron chi connectivity index (χ1n) is 4.08. The average molecular weight is 157 g/mol. The summed E-state index contributed by atoms with van der Waals surface area (Å²) < 4.78 is 5.30. The highest BCUT2D eigenvalue weighted by atomic mass is 16.5. The van der Waals surface area contributed by atoms with Crippen molar-refractivity contribution in [3.63, 3.8) is 0 Å². The molecule has 11 heavy (non-hydrogen) atoms. The molecular formula is C8H17N2O. The molecule has 0 aromatic carbocycles. The SMILES string of the molecule is COC1CC[N]C1CN(C)C. The van der Waals surface area contributed by atoms with Crippen LogP contribution in [0, 0.1) is 0 Å². The summed E-state index contributed by atoms with van der Waals surface area (Å²) in [7, 11) is 5.91. The molecule has 0 amide bonds. The van der Waals surface area contributed by atoms with Crippen LogP contribution >= 0.6 is 0 Å².